The molecule has 0 fully saturated rings. The van der Waals surface area contributed by atoms with Gasteiger partial charge < -0.3 is 14.0 Å². The highest BCUT2D eigenvalue weighted by Gasteiger charge is 2.44. The van der Waals surface area contributed by atoms with Gasteiger partial charge in [0.15, 0.2) is 11.5 Å². The monoisotopic (exact) mass is 248 g/mol. The van der Waals surface area contributed by atoms with E-state index in [4.69, 9.17) is 5.26 Å². The van der Waals surface area contributed by atoms with Crippen molar-refractivity contribution in [2.75, 3.05) is 0 Å². The van der Waals surface area contributed by atoms with Crippen LogP contribution in [0, 0.1) is 11.3 Å². The molecule has 1 aliphatic heterocycles. The van der Waals surface area contributed by atoms with Crippen LogP contribution in [0.5, 0.6) is 11.5 Å². The predicted octanol–water partition coefficient (Wildman–Crippen LogP) is 2.67. The Morgan fingerprint density at radius 2 is 2.06 bits per heavy atom. The SMILES string of the molecule is N#Cc1ccn(-c2cccc3c2OC(F)(F)O3)c1. The maximum absolute atomic E-state index is 13.0. The van der Waals surface area contributed by atoms with Crippen LogP contribution in [0.4, 0.5) is 8.78 Å². The van der Waals surface area contributed by atoms with Crippen molar-refractivity contribution in [3.8, 4) is 23.3 Å². The average molecular weight is 248 g/mol. The number of rotatable bonds is 1. The second-order valence-corrected chi connectivity index (χ2v) is 3.69. The second kappa shape index (κ2) is 3.47. The highest BCUT2D eigenvalue weighted by Crippen LogP contribution is 2.44. The fourth-order valence-corrected chi connectivity index (χ4v) is 1.77. The highest BCUT2D eigenvalue weighted by molar-refractivity contribution is 5.58. The van der Waals surface area contributed by atoms with Crippen LogP contribution in [-0.2, 0) is 0 Å². The van der Waals surface area contributed by atoms with Crippen LogP contribution in [0.3, 0.4) is 0 Å². The molecule has 1 aromatic heterocycles. The first-order valence-corrected chi connectivity index (χ1v) is 5.06. The number of halogens is 2. The van der Waals surface area contributed by atoms with E-state index in [-0.39, 0.29) is 11.5 Å². The van der Waals surface area contributed by atoms with Crippen molar-refractivity contribution < 1.29 is 18.3 Å². The van der Waals surface area contributed by atoms with Crippen LogP contribution in [0.25, 0.3) is 5.69 Å². The lowest BCUT2D eigenvalue weighted by Crippen LogP contribution is -2.26. The minimum absolute atomic E-state index is 0.0234. The predicted molar refractivity (Wildman–Crippen MR) is 56.7 cm³/mol. The third-order valence-corrected chi connectivity index (χ3v) is 2.51. The molecular weight excluding hydrogens is 242 g/mol. The summed E-state index contributed by atoms with van der Waals surface area (Å²) in [6.45, 7) is 0. The molecule has 2 heterocycles. The fraction of sp³-hybridized carbons (Fsp3) is 0.0833. The zero-order valence-corrected chi connectivity index (χ0v) is 8.93. The number of alkyl halides is 2. The summed E-state index contributed by atoms with van der Waals surface area (Å²) in [5, 5.41) is 8.74. The van der Waals surface area contributed by atoms with E-state index in [0.717, 1.165) is 0 Å². The molecule has 0 bridgehead atoms. The Labute approximate surface area is 101 Å². The smallest absolute Gasteiger partial charge is 0.395 e. The Balaban J connectivity index is 2.11. The minimum Gasteiger partial charge on any atom is -0.395 e. The number of ether oxygens (including phenoxy) is 2. The van der Waals surface area contributed by atoms with Crippen LogP contribution in [0.2, 0.25) is 0 Å². The number of nitriles is 1. The maximum atomic E-state index is 13.0. The van der Waals surface area contributed by atoms with Gasteiger partial charge in [-0.25, -0.2) is 0 Å². The van der Waals surface area contributed by atoms with E-state index in [9.17, 15) is 8.78 Å². The molecule has 18 heavy (non-hydrogen) atoms. The number of para-hydroxylation sites is 1. The molecule has 90 valence electrons. The van der Waals surface area contributed by atoms with Crippen molar-refractivity contribution in [1.82, 2.24) is 4.57 Å². The van der Waals surface area contributed by atoms with E-state index in [1.807, 2.05) is 6.07 Å². The Hall–Kier alpha value is -2.55. The maximum Gasteiger partial charge on any atom is 0.586 e. The molecule has 0 N–H and O–H groups in total. The molecule has 2 aromatic rings. The Kier molecular flexibility index (Phi) is 2.04. The Bertz CT molecular complexity index is 658. The summed E-state index contributed by atoms with van der Waals surface area (Å²) in [5.74, 6) is -0.0627. The van der Waals surface area contributed by atoms with Crippen molar-refractivity contribution in [2.24, 2.45) is 0 Å². The van der Waals surface area contributed by atoms with Gasteiger partial charge in [-0.3, -0.25) is 0 Å². The molecule has 0 atom stereocenters. The van der Waals surface area contributed by atoms with Crippen LogP contribution >= 0.6 is 0 Å². The lowest BCUT2D eigenvalue weighted by atomic mass is 10.2. The quantitative estimate of drug-likeness (QED) is 0.779. The van der Waals surface area contributed by atoms with Crippen molar-refractivity contribution in [2.45, 2.75) is 6.29 Å². The molecule has 0 saturated carbocycles. The summed E-state index contributed by atoms with van der Waals surface area (Å²) < 4.78 is 36.3. The number of fused-ring (bicyclic) bond motifs is 1. The summed E-state index contributed by atoms with van der Waals surface area (Å²) in [7, 11) is 0. The van der Waals surface area contributed by atoms with Gasteiger partial charge in [-0.15, -0.1) is 8.78 Å². The van der Waals surface area contributed by atoms with Crippen molar-refractivity contribution in [1.29, 1.82) is 5.26 Å². The first kappa shape index (κ1) is 10.6. The molecule has 3 rings (SSSR count). The summed E-state index contributed by atoms with van der Waals surface area (Å²) in [4.78, 5) is 0. The van der Waals surface area contributed by atoms with Gasteiger partial charge in [0.05, 0.1) is 11.3 Å². The van der Waals surface area contributed by atoms with Crippen LogP contribution in [0.1, 0.15) is 5.56 Å². The minimum atomic E-state index is -3.65. The van der Waals surface area contributed by atoms with Crippen LogP contribution in [-0.4, -0.2) is 10.9 Å². The molecule has 4 nitrogen and oxygen atoms in total. The normalized spacial score (nSPS) is 15.4. The molecule has 0 saturated heterocycles. The summed E-state index contributed by atoms with van der Waals surface area (Å²) in [5.41, 5.74) is 0.824. The number of benzene rings is 1. The molecule has 0 aliphatic carbocycles. The molecule has 6 heteroatoms. The molecule has 0 spiro atoms. The van der Waals surface area contributed by atoms with Gasteiger partial charge in [0.1, 0.15) is 6.07 Å². The number of aromatic nitrogens is 1. The topological polar surface area (TPSA) is 47.2 Å². The lowest BCUT2D eigenvalue weighted by molar-refractivity contribution is -0.286. The molecule has 0 unspecified atom stereocenters. The Morgan fingerprint density at radius 1 is 1.22 bits per heavy atom. The molecule has 1 aliphatic rings. The van der Waals surface area contributed by atoms with Gasteiger partial charge in [-0.2, -0.15) is 5.26 Å². The van der Waals surface area contributed by atoms with Crippen molar-refractivity contribution in [3.05, 3.63) is 42.2 Å². The first-order chi connectivity index (χ1) is 8.59. The zero-order valence-electron chi connectivity index (χ0n) is 8.93. The lowest BCUT2D eigenvalue weighted by Gasteiger charge is -2.07. The summed E-state index contributed by atoms with van der Waals surface area (Å²) >= 11 is 0. The van der Waals surface area contributed by atoms with E-state index in [1.165, 1.54) is 16.8 Å². The van der Waals surface area contributed by atoms with E-state index in [2.05, 4.69) is 9.47 Å². The summed E-state index contributed by atoms with van der Waals surface area (Å²) in [6, 6.07) is 8.11. The highest BCUT2D eigenvalue weighted by atomic mass is 19.3. The average Bonchev–Trinajstić information content (AvgIpc) is 2.89. The van der Waals surface area contributed by atoms with E-state index >= 15 is 0 Å². The Morgan fingerprint density at radius 3 is 2.78 bits per heavy atom. The van der Waals surface area contributed by atoms with Gasteiger partial charge in [-0.05, 0) is 18.2 Å². The van der Waals surface area contributed by atoms with Gasteiger partial charge >= 0.3 is 6.29 Å². The number of hydrogen-bond donors (Lipinski definition) is 0. The largest absolute Gasteiger partial charge is 0.586 e. The molecular formula is C12H6F2N2O2. The van der Waals surface area contributed by atoms with Gasteiger partial charge in [0.25, 0.3) is 0 Å². The van der Waals surface area contributed by atoms with E-state index in [0.29, 0.717) is 11.3 Å². The van der Waals surface area contributed by atoms with Gasteiger partial charge in [0, 0.05) is 12.4 Å². The molecule has 0 radical (unpaired) electrons. The van der Waals surface area contributed by atoms with Gasteiger partial charge in [-0.1, -0.05) is 6.07 Å². The standard InChI is InChI=1S/C12H6F2N2O2/c13-12(14)17-10-3-1-2-9(11(10)18-12)16-5-4-8(6-15)7-16/h1-5,7H. The zero-order chi connectivity index (χ0) is 12.8. The number of hydrogen-bond acceptors (Lipinski definition) is 3. The molecule has 0 amide bonds. The third kappa shape index (κ3) is 1.57. The third-order valence-electron chi connectivity index (χ3n) is 2.51. The van der Waals surface area contributed by atoms with Crippen LogP contribution < -0.4 is 9.47 Å². The van der Waals surface area contributed by atoms with Crippen molar-refractivity contribution in [3.63, 3.8) is 0 Å². The van der Waals surface area contributed by atoms with E-state index < -0.39 is 6.29 Å². The van der Waals surface area contributed by atoms with Crippen molar-refractivity contribution >= 4 is 0 Å². The second-order valence-electron chi connectivity index (χ2n) is 3.69. The summed E-state index contributed by atoms with van der Waals surface area (Å²) in [6.07, 6.45) is -0.535. The van der Waals surface area contributed by atoms with Crippen LogP contribution in [0.15, 0.2) is 36.7 Å². The first-order valence-electron chi connectivity index (χ1n) is 5.06. The fourth-order valence-electron chi connectivity index (χ4n) is 1.77. The number of nitrogens with zero attached hydrogens (tertiary/aromatic N) is 2. The molecule has 1 aromatic carbocycles. The van der Waals surface area contributed by atoms with Gasteiger partial charge in [0.2, 0.25) is 0 Å². The van der Waals surface area contributed by atoms with E-state index in [1.54, 1.807) is 24.4 Å².